The smallest absolute Gasteiger partial charge is 0.173 e. The van der Waals surface area contributed by atoms with E-state index in [1.807, 2.05) is 35.1 Å². The minimum absolute atomic E-state index is 0.651. The quantitative estimate of drug-likeness (QED) is 0.844. The van der Waals surface area contributed by atoms with Crippen LogP contribution in [-0.4, -0.2) is 32.9 Å². The van der Waals surface area contributed by atoms with E-state index in [1.165, 1.54) is 25.7 Å². The maximum absolute atomic E-state index is 6.20. The molecular formula is C17H21ClN4S. The van der Waals surface area contributed by atoms with Crippen molar-refractivity contribution in [1.82, 2.24) is 14.7 Å². The van der Waals surface area contributed by atoms with E-state index in [4.69, 9.17) is 23.8 Å². The van der Waals surface area contributed by atoms with Crippen LogP contribution >= 0.6 is 23.8 Å². The van der Waals surface area contributed by atoms with Crippen molar-refractivity contribution in [3.05, 3.63) is 47.2 Å². The number of hydrogen-bond donors (Lipinski definition) is 1. The summed E-state index contributed by atoms with van der Waals surface area (Å²) in [6.45, 7) is 2.73. The molecular weight excluding hydrogens is 328 g/mol. The van der Waals surface area contributed by atoms with Crippen LogP contribution in [-0.2, 0) is 6.54 Å². The maximum atomic E-state index is 6.20. The molecule has 0 spiro atoms. The summed E-state index contributed by atoms with van der Waals surface area (Å²) in [5.41, 5.74) is 1.98. The van der Waals surface area contributed by atoms with Crippen LogP contribution in [0.25, 0.3) is 0 Å². The lowest BCUT2D eigenvalue weighted by molar-refractivity contribution is 0.441. The lowest BCUT2D eigenvalue weighted by Gasteiger charge is -2.23. The molecule has 23 heavy (non-hydrogen) atoms. The molecule has 122 valence electrons. The summed E-state index contributed by atoms with van der Waals surface area (Å²) in [6.07, 6.45) is 8.80. The summed E-state index contributed by atoms with van der Waals surface area (Å²) in [4.78, 5) is 2.26. The minimum atomic E-state index is 0.651. The van der Waals surface area contributed by atoms with Gasteiger partial charge in [0.25, 0.3) is 0 Å². The van der Waals surface area contributed by atoms with Gasteiger partial charge in [0.15, 0.2) is 5.11 Å². The molecule has 0 amide bonds. The number of halogens is 1. The predicted molar refractivity (Wildman–Crippen MR) is 99.0 cm³/mol. The zero-order valence-electron chi connectivity index (χ0n) is 13.0. The summed E-state index contributed by atoms with van der Waals surface area (Å²) < 4.78 is 1.87. The van der Waals surface area contributed by atoms with Gasteiger partial charge < -0.3 is 10.2 Å². The highest BCUT2D eigenvalue weighted by Crippen LogP contribution is 2.17. The van der Waals surface area contributed by atoms with Crippen molar-refractivity contribution in [3.8, 4) is 0 Å². The van der Waals surface area contributed by atoms with Crippen LogP contribution in [0.15, 0.2) is 36.7 Å². The first-order valence-corrected chi connectivity index (χ1v) is 8.83. The molecule has 1 aliphatic heterocycles. The monoisotopic (exact) mass is 348 g/mol. The van der Waals surface area contributed by atoms with Gasteiger partial charge in [-0.3, -0.25) is 4.68 Å². The first-order valence-electron chi connectivity index (χ1n) is 8.04. The second-order valence-corrected chi connectivity index (χ2v) is 6.64. The molecule has 0 radical (unpaired) electrons. The fourth-order valence-electron chi connectivity index (χ4n) is 2.79. The SMILES string of the molecule is S=C(Nc1cnn(Cc2ccccc2Cl)c1)N1CCCCCC1. The summed E-state index contributed by atoms with van der Waals surface area (Å²) in [7, 11) is 0. The number of rotatable bonds is 3. The highest BCUT2D eigenvalue weighted by Gasteiger charge is 2.13. The van der Waals surface area contributed by atoms with Crippen LogP contribution in [0, 0.1) is 0 Å². The zero-order valence-corrected chi connectivity index (χ0v) is 14.6. The van der Waals surface area contributed by atoms with E-state index < -0.39 is 0 Å². The van der Waals surface area contributed by atoms with Crippen molar-refractivity contribution >= 4 is 34.6 Å². The van der Waals surface area contributed by atoms with E-state index in [9.17, 15) is 0 Å². The fraction of sp³-hybridized carbons (Fsp3) is 0.412. The Morgan fingerprint density at radius 2 is 1.91 bits per heavy atom. The minimum Gasteiger partial charge on any atom is -0.349 e. The molecule has 0 aliphatic carbocycles. The van der Waals surface area contributed by atoms with Gasteiger partial charge in [0.05, 0.1) is 18.4 Å². The molecule has 1 aliphatic rings. The molecule has 1 fully saturated rings. The average molecular weight is 349 g/mol. The largest absolute Gasteiger partial charge is 0.349 e. The summed E-state index contributed by atoms with van der Waals surface area (Å²) in [5, 5.41) is 9.25. The molecule has 1 aromatic carbocycles. The van der Waals surface area contributed by atoms with Crippen LogP contribution in [0.2, 0.25) is 5.02 Å². The molecule has 1 saturated heterocycles. The topological polar surface area (TPSA) is 33.1 Å². The Bertz CT molecular complexity index is 662. The second-order valence-electron chi connectivity index (χ2n) is 5.85. The van der Waals surface area contributed by atoms with Gasteiger partial charge in [-0.25, -0.2) is 0 Å². The number of nitrogens with one attached hydrogen (secondary N) is 1. The summed E-state index contributed by atoms with van der Waals surface area (Å²) in [5.74, 6) is 0. The van der Waals surface area contributed by atoms with Gasteiger partial charge in [0.2, 0.25) is 0 Å². The molecule has 2 heterocycles. The van der Waals surface area contributed by atoms with Crippen LogP contribution < -0.4 is 5.32 Å². The van der Waals surface area contributed by atoms with E-state index in [1.54, 1.807) is 6.20 Å². The molecule has 0 saturated carbocycles. The number of benzene rings is 1. The maximum Gasteiger partial charge on any atom is 0.173 e. The Balaban J connectivity index is 1.60. The van der Waals surface area contributed by atoms with E-state index >= 15 is 0 Å². The third kappa shape index (κ3) is 4.45. The first kappa shape index (κ1) is 16.3. The average Bonchev–Trinajstić information content (AvgIpc) is 2.81. The number of hydrogen-bond acceptors (Lipinski definition) is 2. The third-order valence-electron chi connectivity index (χ3n) is 4.07. The molecule has 0 atom stereocenters. The molecule has 1 aromatic heterocycles. The lowest BCUT2D eigenvalue weighted by atomic mass is 10.2. The molecule has 4 nitrogen and oxygen atoms in total. The van der Waals surface area contributed by atoms with Gasteiger partial charge in [-0.05, 0) is 36.7 Å². The van der Waals surface area contributed by atoms with Crippen molar-refractivity contribution in [1.29, 1.82) is 0 Å². The number of nitrogens with zero attached hydrogens (tertiary/aromatic N) is 3. The van der Waals surface area contributed by atoms with Crippen LogP contribution in [0.5, 0.6) is 0 Å². The van der Waals surface area contributed by atoms with Crippen molar-refractivity contribution < 1.29 is 0 Å². The molecule has 1 N–H and O–H groups in total. The van der Waals surface area contributed by atoms with Gasteiger partial charge in [0.1, 0.15) is 0 Å². The van der Waals surface area contributed by atoms with Crippen LogP contribution in [0.4, 0.5) is 5.69 Å². The normalized spacial score (nSPS) is 15.3. The van der Waals surface area contributed by atoms with Crippen LogP contribution in [0.3, 0.4) is 0 Å². The van der Waals surface area contributed by atoms with Crippen molar-refractivity contribution in [3.63, 3.8) is 0 Å². The standard InChI is InChI=1S/C17H21ClN4S/c18-16-8-4-3-7-14(16)12-22-13-15(11-19-22)20-17(23)21-9-5-1-2-6-10-21/h3-4,7-8,11,13H,1-2,5-6,9-10,12H2,(H,20,23). The van der Waals surface area contributed by atoms with Gasteiger partial charge >= 0.3 is 0 Å². The van der Waals surface area contributed by atoms with Gasteiger partial charge in [-0.2, -0.15) is 5.10 Å². The van der Waals surface area contributed by atoms with E-state index in [-0.39, 0.29) is 0 Å². The molecule has 0 unspecified atom stereocenters. The van der Waals surface area contributed by atoms with E-state index in [0.717, 1.165) is 34.5 Å². The van der Waals surface area contributed by atoms with Gasteiger partial charge in [-0.15, -0.1) is 0 Å². The predicted octanol–water partition coefficient (Wildman–Crippen LogP) is 4.16. The Morgan fingerprint density at radius 3 is 2.65 bits per heavy atom. The third-order valence-corrected chi connectivity index (χ3v) is 4.80. The Hall–Kier alpha value is -1.59. The van der Waals surface area contributed by atoms with Crippen molar-refractivity contribution in [2.75, 3.05) is 18.4 Å². The summed E-state index contributed by atoms with van der Waals surface area (Å²) in [6, 6.07) is 7.83. The Morgan fingerprint density at radius 1 is 1.17 bits per heavy atom. The van der Waals surface area contributed by atoms with Crippen molar-refractivity contribution in [2.45, 2.75) is 32.2 Å². The number of aromatic nitrogens is 2. The highest BCUT2D eigenvalue weighted by molar-refractivity contribution is 7.80. The summed E-state index contributed by atoms with van der Waals surface area (Å²) >= 11 is 11.7. The van der Waals surface area contributed by atoms with E-state index in [0.29, 0.717) is 6.54 Å². The molecule has 6 heteroatoms. The molecule has 0 bridgehead atoms. The Kier molecular flexibility index (Phi) is 5.51. The van der Waals surface area contributed by atoms with Gasteiger partial charge in [-0.1, -0.05) is 42.6 Å². The highest BCUT2D eigenvalue weighted by atomic mass is 35.5. The number of anilines is 1. The Labute approximate surface area is 147 Å². The van der Waals surface area contributed by atoms with Gasteiger partial charge in [0, 0.05) is 24.3 Å². The van der Waals surface area contributed by atoms with Crippen LogP contribution in [0.1, 0.15) is 31.2 Å². The fourth-order valence-corrected chi connectivity index (χ4v) is 3.29. The molecule has 3 rings (SSSR count). The van der Waals surface area contributed by atoms with Crippen molar-refractivity contribution in [2.24, 2.45) is 0 Å². The molecule has 2 aromatic rings. The number of likely N-dealkylation sites (tertiary alicyclic amines) is 1. The lowest BCUT2D eigenvalue weighted by Crippen LogP contribution is -2.35. The van der Waals surface area contributed by atoms with E-state index in [2.05, 4.69) is 15.3 Å². The first-order chi connectivity index (χ1) is 11.2. The second kappa shape index (κ2) is 7.79. The zero-order chi connectivity index (χ0) is 16.1. The number of thiocarbonyl (C=S) groups is 1.